The molecule has 0 N–H and O–H groups in total. The van der Waals surface area contributed by atoms with Gasteiger partial charge >= 0.3 is 0 Å². The number of carbonyl (C=O) groups is 1. The number of halogens is 1. The number of ether oxygens (including phenoxy) is 1. The first-order chi connectivity index (χ1) is 16.1. The van der Waals surface area contributed by atoms with Crippen molar-refractivity contribution in [1.82, 2.24) is 19.2 Å². The highest BCUT2D eigenvalue weighted by Gasteiger charge is 2.24. The number of pyridine rings is 1. The number of imidazole rings is 1. The molecule has 6 nitrogen and oxygen atoms in total. The highest BCUT2D eigenvalue weighted by Crippen LogP contribution is 2.27. The van der Waals surface area contributed by atoms with E-state index >= 15 is 0 Å². The average Bonchev–Trinajstić information content (AvgIpc) is 3.23. The molecule has 4 aromatic rings. The summed E-state index contributed by atoms with van der Waals surface area (Å²) in [6.45, 7) is 3.80. The van der Waals surface area contributed by atoms with Crippen LogP contribution in [0.1, 0.15) is 16.1 Å². The molecular weight excluding hydrogens is 480 g/mol. The number of hydrogen-bond acceptors (Lipinski definition) is 4. The van der Waals surface area contributed by atoms with Crippen molar-refractivity contribution in [3.63, 3.8) is 0 Å². The fraction of sp³-hybridized carbons (Fsp3) is 0.231. The zero-order valence-electron chi connectivity index (χ0n) is 18.4. The largest absolute Gasteiger partial charge is 0.497 e. The Morgan fingerprint density at radius 3 is 2.55 bits per heavy atom. The lowest BCUT2D eigenvalue weighted by molar-refractivity contribution is 0.0626. The number of fused-ring (bicyclic) bond motifs is 1. The van der Waals surface area contributed by atoms with Gasteiger partial charge in [-0.15, -0.1) is 0 Å². The fourth-order valence-electron chi connectivity index (χ4n) is 4.30. The Kier molecular flexibility index (Phi) is 6.15. The van der Waals surface area contributed by atoms with Crippen molar-refractivity contribution in [2.45, 2.75) is 6.54 Å². The normalized spacial score (nSPS) is 14.5. The van der Waals surface area contributed by atoms with Gasteiger partial charge in [0.2, 0.25) is 0 Å². The number of hydrogen-bond donors (Lipinski definition) is 0. The van der Waals surface area contributed by atoms with Gasteiger partial charge < -0.3 is 14.0 Å². The maximum absolute atomic E-state index is 13.0. The molecule has 33 heavy (non-hydrogen) atoms. The number of aromatic nitrogens is 2. The molecule has 5 rings (SSSR count). The second-order valence-corrected chi connectivity index (χ2v) is 9.06. The second kappa shape index (κ2) is 9.37. The summed E-state index contributed by atoms with van der Waals surface area (Å²) in [6, 6.07) is 21.7. The number of amides is 1. The Bertz CT molecular complexity index is 1280. The first-order valence-electron chi connectivity index (χ1n) is 11.0. The molecule has 1 aliphatic rings. The molecule has 0 radical (unpaired) electrons. The molecule has 0 spiro atoms. The summed E-state index contributed by atoms with van der Waals surface area (Å²) >= 11 is 3.52. The van der Waals surface area contributed by atoms with Crippen LogP contribution < -0.4 is 4.74 Å². The smallest absolute Gasteiger partial charge is 0.254 e. The molecule has 0 saturated carbocycles. The SMILES string of the molecule is COc1cccc(C(=O)N2CCN(Cc3c(-c4ccc(Br)cc4)nc4ccccn34)CC2)c1. The lowest BCUT2D eigenvalue weighted by atomic mass is 10.1. The molecule has 168 valence electrons. The molecular formula is C26H25BrN4O2. The predicted octanol–water partition coefficient (Wildman–Crippen LogP) is 4.73. The maximum Gasteiger partial charge on any atom is 0.254 e. The van der Waals surface area contributed by atoms with E-state index in [1.165, 1.54) is 5.69 Å². The van der Waals surface area contributed by atoms with Crippen LogP contribution in [0.3, 0.4) is 0 Å². The number of methoxy groups -OCH3 is 1. The van der Waals surface area contributed by atoms with Crippen LogP contribution in [0.2, 0.25) is 0 Å². The molecule has 2 aromatic heterocycles. The van der Waals surface area contributed by atoms with Gasteiger partial charge in [0.1, 0.15) is 11.4 Å². The first kappa shape index (κ1) is 21.7. The second-order valence-electron chi connectivity index (χ2n) is 8.14. The Labute approximate surface area is 201 Å². The van der Waals surface area contributed by atoms with Gasteiger partial charge in [0.05, 0.1) is 18.5 Å². The van der Waals surface area contributed by atoms with Crippen molar-refractivity contribution in [3.05, 3.63) is 88.7 Å². The van der Waals surface area contributed by atoms with Crippen LogP contribution in [0.15, 0.2) is 77.4 Å². The van der Waals surface area contributed by atoms with Crippen molar-refractivity contribution >= 4 is 27.5 Å². The van der Waals surface area contributed by atoms with Crippen LogP contribution in [0, 0.1) is 0 Å². The van der Waals surface area contributed by atoms with Crippen molar-refractivity contribution in [3.8, 4) is 17.0 Å². The number of carbonyl (C=O) groups excluding carboxylic acids is 1. The topological polar surface area (TPSA) is 50.1 Å². The van der Waals surface area contributed by atoms with Gasteiger partial charge in [-0.1, -0.05) is 40.2 Å². The van der Waals surface area contributed by atoms with Gasteiger partial charge in [0.15, 0.2) is 0 Å². The fourth-order valence-corrected chi connectivity index (χ4v) is 4.56. The Morgan fingerprint density at radius 2 is 1.79 bits per heavy atom. The van der Waals surface area contributed by atoms with Crippen molar-refractivity contribution in [2.24, 2.45) is 0 Å². The van der Waals surface area contributed by atoms with E-state index in [1.807, 2.05) is 53.4 Å². The van der Waals surface area contributed by atoms with E-state index in [9.17, 15) is 4.79 Å². The standard InChI is InChI=1S/C26H25BrN4O2/c1-33-22-6-4-5-20(17-22)26(32)30-15-13-29(14-16-30)18-23-25(19-8-10-21(27)11-9-19)28-24-7-2-3-12-31(23)24/h2-12,17H,13-16,18H2,1H3. The molecule has 0 atom stereocenters. The quantitative estimate of drug-likeness (QED) is 0.394. The van der Waals surface area contributed by atoms with Crippen molar-refractivity contribution in [2.75, 3.05) is 33.3 Å². The summed E-state index contributed by atoms with van der Waals surface area (Å²) in [5.74, 6) is 0.756. The lowest BCUT2D eigenvalue weighted by Gasteiger charge is -2.34. The lowest BCUT2D eigenvalue weighted by Crippen LogP contribution is -2.48. The van der Waals surface area contributed by atoms with Crippen LogP contribution in [-0.4, -0.2) is 58.4 Å². The van der Waals surface area contributed by atoms with Crippen LogP contribution in [0.5, 0.6) is 5.75 Å². The molecule has 0 aliphatic carbocycles. The third-order valence-corrected chi connectivity index (χ3v) is 6.62. The minimum atomic E-state index is 0.0545. The zero-order chi connectivity index (χ0) is 22.8. The number of benzene rings is 2. The van der Waals surface area contributed by atoms with E-state index in [2.05, 4.69) is 43.6 Å². The number of nitrogens with zero attached hydrogens (tertiary/aromatic N) is 4. The highest BCUT2D eigenvalue weighted by molar-refractivity contribution is 9.10. The molecule has 3 heterocycles. The summed E-state index contributed by atoms with van der Waals surface area (Å²) in [7, 11) is 1.62. The third kappa shape index (κ3) is 4.51. The van der Waals surface area contributed by atoms with Gasteiger partial charge in [0, 0.05) is 54.5 Å². The van der Waals surface area contributed by atoms with Gasteiger partial charge in [-0.2, -0.15) is 0 Å². The van der Waals surface area contributed by atoms with Crippen LogP contribution >= 0.6 is 15.9 Å². The molecule has 1 aliphatic heterocycles. The molecule has 2 aromatic carbocycles. The molecule has 0 bridgehead atoms. The minimum absolute atomic E-state index is 0.0545. The van der Waals surface area contributed by atoms with Crippen LogP contribution in [-0.2, 0) is 6.54 Å². The van der Waals surface area contributed by atoms with E-state index in [-0.39, 0.29) is 5.91 Å². The third-order valence-electron chi connectivity index (χ3n) is 6.10. The number of piperazine rings is 1. The summed E-state index contributed by atoms with van der Waals surface area (Å²) in [6.07, 6.45) is 2.07. The predicted molar refractivity (Wildman–Crippen MR) is 133 cm³/mol. The molecule has 1 fully saturated rings. The van der Waals surface area contributed by atoms with Crippen LogP contribution in [0.4, 0.5) is 0 Å². The minimum Gasteiger partial charge on any atom is -0.497 e. The van der Waals surface area contributed by atoms with Gasteiger partial charge in [-0.25, -0.2) is 4.98 Å². The molecule has 1 amide bonds. The Morgan fingerprint density at radius 1 is 1.00 bits per heavy atom. The van der Waals surface area contributed by atoms with Gasteiger partial charge in [0.25, 0.3) is 5.91 Å². The molecule has 0 unspecified atom stereocenters. The highest BCUT2D eigenvalue weighted by atomic mass is 79.9. The van der Waals surface area contributed by atoms with Gasteiger partial charge in [-0.3, -0.25) is 9.69 Å². The van der Waals surface area contributed by atoms with Crippen molar-refractivity contribution in [1.29, 1.82) is 0 Å². The summed E-state index contributed by atoms with van der Waals surface area (Å²) < 4.78 is 8.49. The molecule has 1 saturated heterocycles. The van der Waals surface area contributed by atoms with Gasteiger partial charge in [-0.05, 0) is 42.5 Å². The van der Waals surface area contributed by atoms with Crippen LogP contribution in [0.25, 0.3) is 16.9 Å². The van der Waals surface area contributed by atoms with E-state index in [4.69, 9.17) is 9.72 Å². The maximum atomic E-state index is 13.0. The summed E-state index contributed by atoms with van der Waals surface area (Å²) in [5.41, 5.74) is 4.88. The summed E-state index contributed by atoms with van der Waals surface area (Å²) in [5, 5.41) is 0. The van der Waals surface area contributed by atoms with E-state index in [0.29, 0.717) is 24.4 Å². The number of rotatable bonds is 5. The Balaban J connectivity index is 1.33. The summed E-state index contributed by atoms with van der Waals surface area (Å²) in [4.78, 5) is 22.2. The van der Waals surface area contributed by atoms with E-state index < -0.39 is 0 Å². The zero-order valence-corrected chi connectivity index (χ0v) is 20.0. The average molecular weight is 505 g/mol. The van der Waals surface area contributed by atoms with E-state index in [0.717, 1.165) is 41.0 Å². The monoisotopic (exact) mass is 504 g/mol. The van der Waals surface area contributed by atoms with Crippen molar-refractivity contribution < 1.29 is 9.53 Å². The molecule has 7 heteroatoms. The Hall–Kier alpha value is -3.16. The first-order valence-corrected chi connectivity index (χ1v) is 11.8. The van der Waals surface area contributed by atoms with E-state index in [1.54, 1.807) is 13.2 Å².